The quantitative estimate of drug-likeness (QED) is 0.854. The Labute approximate surface area is 117 Å². The highest BCUT2D eigenvalue weighted by Gasteiger charge is 2.26. The fourth-order valence-corrected chi connectivity index (χ4v) is 3.95. The molecule has 4 atom stereocenters. The van der Waals surface area contributed by atoms with E-state index in [1.807, 2.05) is 0 Å². The standard InChI is InChI=1S/C16H30N2O/c1-12-8-13(2)11-18(10-12)16(19)7-6-14-4-3-5-15(17)9-14/h12-15H,3-11,17H2,1-2H3. The summed E-state index contributed by atoms with van der Waals surface area (Å²) in [5, 5.41) is 0. The van der Waals surface area contributed by atoms with Crippen molar-refractivity contribution in [3.05, 3.63) is 0 Å². The smallest absolute Gasteiger partial charge is 0.222 e. The van der Waals surface area contributed by atoms with Crippen LogP contribution in [-0.2, 0) is 4.79 Å². The number of rotatable bonds is 3. The monoisotopic (exact) mass is 266 g/mol. The van der Waals surface area contributed by atoms with E-state index in [0.717, 1.165) is 32.4 Å². The first-order chi connectivity index (χ1) is 9.04. The molecule has 2 fully saturated rings. The fourth-order valence-electron chi connectivity index (χ4n) is 3.95. The van der Waals surface area contributed by atoms with Gasteiger partial charge in [0.2, 0.25) is 5.91 Å². The highest BCUT2D eigenvalue weighted by molar-refractivity contribution is 5.76. The molecular formula is C16H30N2O. The van der Waals surface area contributed by atoms with Crippen LogP contribution < -0.4 is 5.73 Å². The summed E-state index contributed by atoms with van der Waals surface area (Å²) in [6.07, 6.45) is 7.86. The van der Waals surface area contributed by atoms with Crippen molar-refractivity contribution >= 4 is 5.91 Å². The summed E-state index contributed by atoms with van der Waals surface area (Å²) in [7, 11) is 0. The molecule has 3 heteroatoms. The maximum Gasteiger partial charge on any atom is 0.222 e. The zero-order chi connectivity index (χ0) is 13.8. The van der Waals surface area contributed by atoms with Gasteiger partial charge in [-0.1, -0.05) is 26.7 Å². The average molecular weight is 266 g/mol. The lowest BCUT2D eigenvalue weighted by atomic mass is 9.83. The van der Waals surface area contributed by atoms with Crippen LogP contribution >= 0.6 is 0 Å². The van der Waals surface area contributed by atoms with Crippen LogP contribution in [0.25, 0.3) is 0 Å². The van der Waals surface area contributed by atoms with Gasteiger partial charge in [-0.15, -0.1) is 0 Å². The fraction of sp³-hybridized carbons (Fsp3) is 0.938. The Balaban J connectivity index is 1.74. The van der Waals surface area contributed by atoms with E-state index in [4.69, 9.17) is 5.73 Å². The molecule has 0 spiro atoms. The van der Waals surface area contributed by atoms with E-state index in [1.54, 1.807) is 0 Å². The first kappa shape index (κ1) is 14.8. The Hall–Kier alpha value is -0.570. The zero-order valence-electron chi connectivity index (χ0n) is 12.6. The molecule has 1 heterocycles. The zero-order valence-corrected chi connectivity index (χ0v) is 12.6. The number of nitrogens with zero attached hydrogens (tertiary/aromatic N) is 1. The van der Waals surface area contributed by atoms with Crippen LogP contribution in [0.4, 0.5) is 0 Å². The normalized spacial score (nSPS) is 36.3. The van der Waals surface area contributed by atoms with Crippen molar-refractivity contribution < 1.29 is 4.79 Å². The summed E-state index contributed by atoms with van der Waals surface area (Å²) in [6.45, 7) is 6.45. The number of carbonyl (C=O) groups is 1. The van der Waals surface area contributed by atoms with Gasteiger partial charge in [-0.3, -0.25) is 4.79 Å². The van der Waals surface area contributed by atoms with E-state index < -0.39 is 0 Å². The van der Waals surface area contributed by atoms with Gasteiger partial charge in [-0.2, -0.15) is 0 Å². The molecule has 1 aliphatic carbocycles. The summed E-state index contributed by atoms with van der Waals surface area (Å²) in [5.74, 6) is 2.39. The van der Waals surface area contributed by atoms with Crippen molar-refractivity contribution in [1.29, 1.82) is 0 Å². The second-order valence-electron chi connectivity index (χ2n) is 7.08. The largest absolute Gasteiger partial charge is 0.342 e. The van der Waals surface area contributed by atoms with E-state index >= 15 is 0 Å². The highest BCUT2D eigenvalue weighted by Crippen LogP contribution is 2.28. The van der Waals surface area contributed by atoms with Gasteiger partial charge in [-0.25, -0.2) is 0 Å². The number of amides is 1. The van der Waals surface area contributed by atoms with E-state index in [9.17, 15) is 4.79 Å². The van der Waals surface area contributed by atoms with Crippen LogP contribution in [0.5, 0.6) is 0 Å². The molecule has 2 rings (SSSR count). The van der Waals surface area contributed by atoms with Crippen LogP contribution in [0, 0.1) is 17.8 Å². The number of nitrogens with two attached hydrogens (primary N) is 1. The van der Waals surface area contributed by atoms with Crippen molar-refractivity contribution in [2.75, 3.05) is 13.1 Å². The third-order valence-electron chi connectivity index (χ3n) is 4.81. The third-order valence-corrected chi connectivity index (χ3v) is 4.81. The lowest BCUT2D eigenvalue weighted by Crippen LogP contribution is -2.42. The number of carbonyl (C=O) groups excluding carboxylic acids is 1. The lowest BCUT2D eigenvalue weighted by Gasteiger charge is -2.35. The Morgan fingerprint density at radius 1 is 1.16 bits per heavy atom. The second-order valence-corrected chi connectivity index (χ2v) is 7.08. The Bertz CT molecular complexity index is 295. The van der Waals surface area contributed by atoms with Gasteiger partial charge in [0.1, 0.15) is 0 Å². The van der Waals surface area contributed by atoms with Gasteiger partial charge >= 0.3 is 0 Å². The molecule has 1 saturated heterocycles. The molecule has 0 radical (unpaired) electrons. The number of piperidine rings is 1. The summed E-state index contributed by atoms with van der Waals surface area (Å²) < 4.78 is 0. The van der Waals surface area contributed by atoms with E-state index in [-0.39, 0.29) is 0 Å². The molecule has 0 aromatic rings. The van der Waals surface area contributed by atoms with Gasteiger partial charge in [0.05, 0.1) is 0 Å². The minimum Gasteiger partial charge on any atom is -0.342 e. The molecule has 0 aromatic carbocycles. The Morgan fingerprint density at radius 3 is 2.47 bits per heavy atom. The SMILES string of the molecule is CC1CC(C)CN(C(=O)CCC2CCCC(N)C2)C1. The predicted molar refractivity (Wildman–Crippen MR) is 78.7 cm³/mol. The van der Waals surface area contributed by atoms with Crippen molar-refractivity contribution in [3.8, 4) is 0 Å². The topological polar surface area (TPSA) is 46.3 Å². The van der Waals surface area contributed by atoms with E-state index in [2.05, 4.69) is 18.7 Å². The molecule has 0 bridgehead atoms. The van der Waals surface area contributed by atoms with Crippen LogP contribution in [0.2, 0.25) is 0 Å². The number of likely N-dealkylation sites (tertiary alicyclic amines) is 1. The highest BCUT2D eigenvalue weighted by atomic mass is 16.2. The van der Waals surface area contributed by atoms with E-state index in [0.29, 0.717) is 29.7 Å². The molecule has 110 valence electrons. The first-order valence-corrected chi connectivity index (χ1v) is 8.08. The first-order valence-electron chi connectivity index (χ1n) is 8.08. The van der Waals surface area contributed by atoms with Gasteiger partial charge in [0, 0.05) is 25.6 Å². The number of hydrogen-bond acceptors (Lipinski definition) is 2. The molecule has 2 aliphatic rings. The Kier molecular flexibility index (Phi) is 5.26. The molecule has 4 unspecified atom stereocenters. The third kappa shape index (κ3) is 4.48. The summed E-state index contributed by atoms with van der Waals surface area (Å²) in [4.78, 5) is 14.4. The Morgan fingerprint density at radius 2 is 1.84 bits per heavy atom. The predicted octanol–water partition coefficient (Wildman–Crippen LogP) is 2.79. The minimum atomic E-state index is 0.373. The minimum absolute atomic E-state index is 0.373. The average Bonchev–Trinajstić information content (AvgIpc) is 2.35. The van der Waals surface area contributed by atoms with Crippen molar-refractivity contribution in [2.24, 2.45) is 23.5 Å². The van der Waals surface area contributed by atoms with Crippen LogP contribution in [0.3, 0.4) is 0 Å². The molecule has 0 aromatic heterocycles. The summed E-state index contributed by atoms with van der Waals surface area (Å²) in [6, 6.07) is 0.379. The maximum absolute atomic E-state index is 12.3. The molecule has 1 aliphatic heterocycles. The second kappa shape index (κ2) is 6.74. The van der Waals surface area contributed by atoms with Crippen molar-refractivity contribution in [1.82, 2.24) is 4.90 Å². The molecule has 3 nitrogen and oxygen atoms in total. The lowest BCUT2D eigenvalue weighted by molar-refractivity contribution is -0.134. The maximum atomic E-state index is 12.3. The van der Waals surface area contributed by atoms with Crippen LogP contribution in [0.15, 0.2) is 0 Å². The molecule has 19 heavy (non-hydrogen) atoms. The summed E-state index contributed by atoms with van der Waals surface area (Å²) >= 11 is 0. The van der Waals surface area contributed by atoms with Gasteiger partial charge < -0.3 is 10.6 Å². The van der Waals surface area contributed by atoms with Crippen molar-refractivity contribution in [2.45, 2.75) is 64.8 Å². The van der Waals surface area contributed by atoms with Crippen LogP contribution in [-0.4, -0.2) is 29.9 Å². The summed E-state index contributed by atoms with van der Waals surface area (Å²) in [5.41, 5.74) is 6.02. The van der Waals surface area contributed by atoms with Gasteiger partial charge in [0.25, 0.3) is 0 Å². The van der Waals surface area contributed by atoms with Crippen LogP contribution in [0.1, 0.15) is 58.8 Å². The molecule has 1 amide bonds. The molecule has 1 saturated carbocycles. The molecular weight excluding hydrogens is 236 g/mol. The van der Waals surface area contributed by atoms with E-state index in [1.165, 1.54) is 25.7 Å². The number of hydrogen-bond donors (Lipinski definition) is 1. The van der Waals surface area contributed by atoms with Gasteiger partial charge in [-0.05, 0) is 43.4 Å². The molecule has 2 N–H and O–H groups in total. The van der Waals surface area contributed by atoms with Gasteiger partial charge in [0.15, 0.2) is 0 Å². The van der Waals surface area contributed by atoms with Crippen molar-refractivity contribution in [3.63, 3.8) is 0 Å².